The predicted molar refractivity (Wildman–Crippen MR) is 67.6 cm³/mol. The van der Waals surface area contributed by atoms with Gasteiger partial charge in [-0.1, -0.05) is 0 Å². The van der Waals surface area contributed by atoms with E-state index in [1.165, 1.54) is 10.9 Å². The molecule has 0 saturated carbocycles. The first-order chi connectivity index (χ1) is 9.17. The van der Waals surface area contributed by atoms with E-state index < -0.39 is 12.5 Å². The lowest BCUT2D eigenvalue weighted by Crippen LogP contribution is -2.32. The van der Waals surface area contributed by atoms with Gasteiger partial charge >= 0.3 is 0 Å². The molecule has 0 bridgehead atoms. The number of hydrogen-bond donors (Lipinski definition) is 2. The van der Waals surface area contributed by atoms with E-state index in [0.717, 1.165) is 0 Å². The van der Waals surface area contributed by atoms with Gasteiger partial charge in [0.2, 0.25) is 5.91 Å². The van der Waals surface area contributed by atoms with Crippen molar-refractivity contribution in [2.45, 2.75) is 20.0 Å². The van der Waals surface area contributed by atoms with Crippen LogP contribution in [-0.2, 0) is 17.9 Å². The lowest BCUT2D eigenvalue weighted by molar-refractivity contribution is -0.123. The standard InChI is InChI=1S/C11H15N5O3/c1-2-15-6-13-9-10(15)14-7-16(11(9)19)4-3-12-8(18)5-17/h6-7,17H,2-5H2,1H3,(H,12,18). The molecule has 2 rings (SSSR count). The molecule has 1 amide bonds. The zero-order chi connectivity index (χ0) is 13.8. The highest BCUT2D eigenvalue weighted by Crippen LogP contribution is 2.03. The summed E-state index contributed by atoms with van der Waals surface area (Å²) < 4.78 is 3.17. The Morgan fingerprint density at radius 1 is 1.37 bits per heavy atom. The Balaban J connectivity index is 2.19. The number of fused-ring (bicyclic) bond motifs is 1. The van der Waals surface area contributed by atoms with Crippen molar-refractivity contribution in [2.24, 2.45) is 0 Å². The average molecular weight is 265 g/mol. The zero-order valence-corrected chi connectivity index (χ0v) is 10.5. The van der Waals surface area contributed by atoms with Crippen molar-refractivity contribution in [1.29, 1.82) is 0 Å². The highest BCUT2D eigenvalue weighted by Gasteiger charge is 2.09. The number of nitrogens with one attached hydrogen (secondary N) is 1. The van der Waals surface area contributed by atoms with Crippen molar-refractivity contribution >= 4 is 17.1 Å². The van der Waals surface area contributed by atoms with Crippen LogP contribution in [0.5, 0.6) is 0 Å². The molecule has 0 radical (unpaired) electrons. The topological polar surface area (TPSA) is 102 Å². The molecular weight excluding hydrogens is 250 g/mol. The van der Waals surface area contributed by atoms with E-state index in [9.17, 15) is 9.59 Å². The third kappa shape index (κ3) is 2.63. The van der Waals surface area contributed by atoms with E-state index in [0.29, 0.717) is 17.7 Å². The first-order valence-corrected chi connectivity index (χ1v) is 5.95. The number of imidazole rings is 1. The number of nitrogens with zero attached hydrogens (tertiary/aromatic N) is 4. The van der Waals surface area contributed by atoms with E-state index in [1.54, 1.807) is 10.9 Å². The van der Waals surface area contributed by atoms with Gasteiger partial charge in [-0.05, 0) is 6.92 Å². The Kier molecular flexibility index (Phi) is 3.91. The molecule has 0 aliphatic carbocycles. The maximum absolute atomic E-state index is 12.1. The van der Waals surface area contributed by atoms with Crippen molar-refractivity contribution in [1.82, 2.24) is 24.4 Å². The fraction of sp³-hybridized carbons (Fsp3) is 0.455. The summed E-state index contributed by atoms with van der Waals surface area (Å²) in [5, 5.41) is 11.0. The molecule has 0 unspecified atom stereocenters. The molecule has 2 heterocycles. The monoisotopic (exact) mass is 265 g/mol. The first-order valence-electron chi connectivity index (χ1n) is 5.95. The number of aliphatic hydroxyl groups is 1. The van der Waals surface area contributed by atoms with Crippen LogP contribution in [0.4, 0.5) is 0 Å². The fourth-order valence-corrected chi connectivity index (χ4v) is 1.74. The minimum atomic E-state index is -0.562. The van der Waals surface area contributed by atoms with Crippen molar-refractivity contribution < 1.29 is 9.90 Å². The second-order valence-electron chi connectivity index (χ2n) is 3.95. The minimum Gasteiger partial charge on any atom is -0.387 e. The van der Waals surface area contributed by atoms with Gasteiger partial charge in [0, 0.05) is 19.6 Å². The lowest BCUT2D eigenvalue weighted by atomic mass is 10.5. The van der Waals surface area contributed by atoms with Gasteiger partial charge in [-0.3, -0.25) is 14.2 Å². The van der Waals surface area contributed by atoms with Crippen LogP contribution in [0, 0.1) is 0 Å². The van der Waals surface area contributed by atoms with Crippen LogP contribution in [0.2, 0.25) is 0 Å². The van der Waals surface area contributed by atoms with Crippen molar-refractivity contribution in [2.75, 3.05) is 13.2 Å². The number of rotatable bonds is 5. The molecule has 0 aliphatic heterocycles. The number of amides is 1. The molecule has 102 valence electrons. The molecule has 0 atom stereocenters. The predicted octanol–water partition coefficient (Wildman–Crippen LogP) is -1.28. The number of carbonyl (C=O) groups is 1. The maximum atomic E-state index is 12.1. The normalized spacial score (nSPS) is 10.8. The van der Waals surface area contributed by atoms with Gasteiger partial charge in [0.1, 0.15) is 12.9 Å². The number of aliphatic hydroxyl groups excluding tert-OH is 1. The molecule has 0 aromatic carbocycles. The van der Waals surface area contributed by atoms with Crippen LogP contribution >= 0.6 is 0 Å². The van der Waals surface area contributed by atoms with Crippen molar-refractivity contribution in [3.8, 4) is 0 Å². The smallest absolute Gasteiger partial charge is 0.281 e. The summed E-state index contributed by atoms with van der Waals surface area (Å²) in [5.41, 5.74) is 0.636. The Labute approximate surface area is 108 Å². The third-order valence-corrected chi connectivity index (χ3v) is 2.75. The fourth-order valence-electron chi connectivity index (χ4n) is 1.74. The number of aryl methyl sites for hydroxylation is 1. The van der Waals surface area contributed by atoms with Gasteiger partial charge in [-0.25, -0.2) is 9.97 Å². The summed E-state index contributed by atoms with van der Waals surface area (Å²) in [7, 11) is 0. The van der Waals surface area contributed by atoms with Gasteiger partial charge < -0.3 is 15.0 Å². The Morgan fingerprint density at radius 3 is 2.79 bits per heavy atom. The van der Waals surface area contributed by atoms with E-state index >= 15 is 0 Å². The van der Waals surface area contributed by atoms with Crippen LogP contribution in [0.3, 0.4) is 0 Å². The van der Waals surface area contributed by atoms with Crippen LogP contribution in [0.15, 0.2) is 17.4 Å². The van der Waals surface area contributed by atoms with Crippen LogP contribution < -0.4 is 10.9 Å². The largest absolute Gasteiger partial charge is 0.387 e. The van der Waals surface area contributed by atoms with Crippen LogP contribution in [-0.4, -0.2) is 43.3 Å². The lowest BCUT2D eigenvalue weighted by Gasteiger charge is -2.06. The molecule has 0 fully saturated rings. The maximum Gasteiger partial charge on any atom is 0.281 e. The summed E-state index contributed by atoms with van der Waals surface area (Å²) in [6, 6.07) is 0. The van der Waals surface area contributed by atoms with E-state index in [2.05, 4.69) is 15.3 Å². The van der Waals surface area contributed by atoms with Crippen molar-refractivity contribution in [3.05, 3.63) is 23.0 Å². The summed E-state index contributed by atoms with van der Waals surface area (Å²) in [4.78, 5) is 31.2. The summed E-state index contributed by atoms with van der Waals surface area (Å²) in [6.07, 6.45) is 3.01. The van der Waals surface area contributed by atoms with Gasteiger partial charge in [0.15, 0.2) is 11.2 Å². The third-order valence-electron chi connectivity index (χ3n) is 2.75. The van der Waals surface area contributed by atoms with E-state index in [4.69, 9.17) is 5.11 Å². The van der Waals surface area contributed by atoms with Crippen molar-refractivity contribution in [3.63, 3.8) is 0 Å². The molecule has 2 aromatic rings. The van der Waals surface area contributed by atoms with Gasteiger partial charge in [0.05, 0.1) is 6.33 Å². The molecular formula is C11H15N5O3. The van der Waals surface area contributed by atoms with E-state index in [1.807, 2.05) is 6.92 Å². The second kappa shape index (κ2) is 5.61. The SMILES string of the molecule is CCn1cnc2c(=O)n(CCNC(=O)CO)cnc21. The molecule has 2 N–H and O–H groups in total. The summed E-state index contributed by atoms with van der Waals surface area (Å²) in [5.74, 6) is -0.475. The molecule has 0 aliphatic rings. The number of carbonyl (C=O) groups excluding carboxylic acids is 1. The molecule has 8 nitrogen and oxygen atoms in total. The van der Waals surface area contributed by atoms with E-state index in [-0.39, 0.29) is 18.6 Å². The first kappa shape index (κ1) is 13.2. The zero-order valence-electron chi connectivity index (χ0n) is 10.5. The average Bonchev–Trinajstić information content (AvgIpc) is 2.84. The summed E-state index contributed by atoms with van der Waals surface area (Å²) >= 11 is 0. The molecule has 2 aromatic heterocycles. The van der Waals surface area contributed by atoms with Gasteiger partial charge in [-0.2, -0.15) is 0 Å². The van der Waals surface area contributed by atoms with Gasteiger partial charge in [-0.15, -0.1) is 0 Å². The van der Waals surface area contributed by atoms with Gasteiger partial charge in [0.25, 0.3) is 5.56 Å². The number of hydrogen-bond acceptors (Lipinski definition) is 5. The highest BCUT2D eigenvalue weighted by atomic mass is 16.3. The van der Waals surface area contributed by atoms with Crippen LogP contribution in [0.25, 0.3) is 11.2 Å². The molecule has 8 heteroatoms. The Morgan fingerprint density at radius 2 is 2.11 bits per heavy atom. The molecule has 19 heavy (non-hydrogen) atoms. The van der Waals surface area contributed by atoms with Crippen LogP contribution in [0.1, 0.15) is 6.92 Å². The Hall–Kier alpha value is -2.22. The summed E-state index contributed by atoms with van der Waals surface area (Å²) in [6.45, 7) is 2.61. The molecule has 0 spiro atoms. The quantitative estimate of drug-likeness (QED) is 0.701. The minimum absolute atomic E-state index is 0.240. The molecule has 0 saturated heterocycles. The number of aromatic nitrogens is 4. The second-order valence-corrected chi connectivity index (χ2v) is 3.95. The highest BCUT2D eigenvalue weighted by molar-refractivity contribution is 5.76. The Bertz CT molecular complexity index is 645.